The minimum absolute atomic E-state index is 0.0602. The number of rotatable bonds is 0. The highest BCUT2D eigenvalue weighted by atomic mass is 16.3. The second-order valence-corrected chi connectivity index (χ2v) is 1.99. The lowest BCUT2D eigenvalue weighted by Gasteiger charge is -1.95. The molecule has 1 aromatic rings. The molecule has 0 atom stereocenters. The fourth-order valence-electron chi connectivity index (χ4n) is 0.633. The molecule has 11 heavy (non-hydrogen) atoms. The summed E-state index contributed by atoms with van der Waals surface area (Å²) in [5, 5.41) is 24.6. The fourth-order valence-corrected chi connectivity index (χ4v) is 0.633. The van der Waals surface area contributed by atoms with Crippen molar-refractivity contribution in [3.05, 3.63) is 23.8 Å². The molecule has 0 aliphatic heterocycles. The van der Waals surface area contributed by atoms with Crippen LogP contribution < -0.4 is 0 Å². The third-order valence-corrected chi connectivity index (χ3v) is 1.13. The van der Waals surface area contributed by atoms with E-state index in [-0.39, 0.29) is 11.5 Å². The van der Waals surface area contributed by atoms with Gasteiger partial charge in [-0.25, -0.2) is 0 Å². The molecule has 0 bridgehead atoms. The molecule has 0 amide bonds. The van der Waals surface area contributed by atoms with Gasteiger partial charge in [-0.2, -0.15) is 0 Å². The van der Waals surface area contributed by atoms with Crippen molar-refractivity contribution in [3.8, 4) is 11.5 Å². The molecule has 3 N–H and O–H groups in total. The van der Waals surface area contributed by atoms with Crippen molar-refractivity contribution in [2.45, 2.75) is 6.92 Å². The summed E-state index contributed by atoms with van der Waals surface area (Å²) in [6.07, 6.45) is 0. The average molecular weight is 156 g/mol. The molecule has 1 aromatic carbocycles. The highest BCUT2D eigenvalue weighted by molar-refractivity contribution is 5.39. The van der Waals surface area contributed by atoms with Gasteiger partial charge in [-0.05, 0) is 24.6 Å². The molecule has 0 radical (unpaired) electrons. The first-order chi connectivity index (χ1) is 5.20. The van der Waals surface area contributed by atoms with E-state index in [9.17, 15) is 0 Å². The molecule has 0 spiro atoms. The number of phenolic OH excluding ortho intramolecular Hbond substituents is 2. The molecule has 1 rings (SSSR count). The van der Waals surface area contributed by atoms with Crippen LogP contribution in [0, 0.1) is 6.92 Å². The number of phenols is 2. The van der Waals surface area contributed by atoms with Crippen LogP contribution >= 0.6 is 0 Å². The molecule has 0 aromatic heterocycles. The number of aliphatic hydroxyl groups is 1. The zero-order valence-corrected chi connectivity index (χ0v) is 6.57. The van der Waals surface area contributed by atoms with Gasteiger partial charge in [-0.1, -0.05) is 6.07 Å². The van der Waals surface area contributed by atoms with Gasteiger partial charge in [0.05, 0.1) is 0 Å². The van der Waals surface area contributed by atoms with E-state index in [4.69, 9.17) is 15.3 Å². The largest absolute Gasteiger partial charge is 0.504 e. The second-order valence-electron chi connectivity index (χ2n) is 1.99. The number of hydrogen-bond acceptors (Lipinski definition) is 3. The minimum atomic E-state index is -0.0689. The van der Waals surface area contributed by atoms with Gasteiger partial charge in [-0.3, -0.25) is 0 Å². The quantitative estimate of drug-likeness (QED) is 0.491. The Bertz CT molecular complexity index is 221. The first-order valence-electron chi connectivity index (χ1n) is 3.13. The van der Waals surface area contributed by atoms with Crippen LogP contribution in [0.2, 0.25) is 0 Å². The summed E-state index contributed by atoms with van der Waals surface area (Å²) >= 11 is 0. The summed E-state index contributed by atoms with van der Waals surface area (Å²) < 4.78 is 0. The summed E-state index contributed by atoms with van der Waals surface area (Å²) in [7, 11) is 1.00. The van der Waals surface area contributed by atoms with Crippen LogP contribution in [0.1, 0.15) is 5.56 Å². The average Bonchev–Trinajstić information content (AvgIpc) is 2.02. The monoisotopic (exact) mass is 156 g/mol. The first-order valence-corrected chi connectivity index (χ1v) is 3.13. The van der Waals surface area contributed by atoms with Crippen LogP contribution in [0.4, 0.5) is 0 Å². The zero-order chi connectivity index (χ0) is 8.85. The number of aromatic hydroxyl groups is 2. The lowest BCUT2D eigenvalue weighted by Crippen LogP contribution is -1.70. The van der Waals surface area contributed by atoms with Gasteiger partial charge in [0.1, 0.15) is 0 Å². The molecule has 3 nitrogen and oxygen atoms in total. The summed E-state index contributed by atoms with van der Waals surface area (Å²) in [6.45, 7) is 1.85. The van der Waals surface area contributed by atoms with Gasteiger partial charge in [0.2, 0.25) is 0 Å². The van der Waals surface area contributed by atoms with Crippen molar-refractivity contribution >= 4 is 0 Å². The maximum absolute atomic E-state index is 8.85. The predicted molar refractivity (Wildman–Crippen MR) is 42.7 cm³/mol. The van der Waals surface area contributed by atoms with Crippen molar-refractivity contribution in [1.82, 2.24) is 0 Å². The van der Waals surface area contributed by atoms with Gasteiger partial charge in [0.25, 0.3) is 0 Å². The van der Waals surface area contributed by atoms with Crippen LogP contribution in [-0.2, 0) is 0 Å². The molecule has 62 valence electrons. The lowest BCUT2D eigenvalue weighted by atomic mass is 10.2. The molecular formula is C8H12O3. The highest BCUT2D eigenvalue weighted by Gasteiger charge is 1.94. The smallest absolute Gasteiger partial charge is 0.157 e. The molecule has 0 aliphatic carbocycles. The Morgan fingerprint density at radius 3 is 1.91 bits per heavy atom. The van der Waals surface area contributed by atoms with E-state index in [1.165, 1.54) is 12.1 Å². The topological polar surface area (TPSA) is 60.7 Å². The number of hydrogen-bond donors (Lipinski definition) is 3. The number of aryl methyl sites for hydroxylation is 1. The van der Waals surface area contributed by atoms with E-state index in [1.807, 2.05) is 6.92 Å². The molecular weight excluding hydrogens is 144 g/mol. The summed E-state index contributed by atoms with van der Waals surface area (Å²) in [6, 6.07) is 4.70. The SMILES string of the molecule is CO.Cc1ccc(O)c(O)c1. The van der Waals surface area contributed by atoms with E-state index in [0.717, 1.165) is 12.7 Å². The van der Waals surface area contributed by atoms with E-state index in [2.05, 4.69) is 0 Å². The molecule has 0 fully saturated rings. The maximum atomic E-state index is 8.85. The summed E-state index contributed by atoms with van der Waals surface area (Å²) in [4.78, 5) is 0. The van der Waals surface area contributed by atoms with Gasteiger partial charge in [-0.15, -0.1) is 0 Å². The van der Waals surface area contributed by atoms with Crippen molar-refractivity contribution in [3.63, 3.8) is 0 Å². The Balaban J connectivity index is 0.000000461. The van der Waals surface area contributed by atoms with E-state index >= 15 is 0 Å². The van der Waals surface area contributed by atoms with Crippen LogP contribution in [0.15, 0.2) is 18.2 Å². The van der Waals surface area contributed by atoms with Gasteiger partial charge >= 0.3 is 0 Å². The predicted octanol–water partition coefficient (Wildman–Crippen LogP) is 1.01. The Kier molecular flexibility index (Phi) is 4.07. The number of benzene rings is 1. The molecule has 0 saturated heterocycles. The zero-order valence-electron chi connectivity index (χ0n) is 6.57. The number of aliphatic hydroxyl groups excluding tert-OH is 1. The van der Waals surface area contributed by atoms with Crippen LogP contribution in [-0.4, -0.2) is 22.4 Å². The highest BCUT2D eigenvalue weighted by Crippen LogP contribution is 2.23. The Hall–Kier alpha value is -1.22. The van der Waals surface area contributed by atoms with Gasteiger partial charge in [0.15, 0.2) is 11.5 Å². The molecule has 3 heteroatoms. The normalized spacial score (nSPS) is 8.27. The van der Waals surface area contributed by atoms with Crippen LogP contribution in [0.3, 0.4) is 0 Å². The fraction of sp³-hybridized carbons (Fsp3) is 0.250. The van der Waals surface area contributed by atoms with Crippen LogP contribution in [0.25, 0.3) is 0 Å². The lowest BCUT2D eigenvalue weighted by molar-refractivity contribution is 0.399. The Labute approximate surface area is 65.5 Å². The maximum Gasteiger partial charge on any atom is 0.157 e. The van der Waals surface area contributed by atoms with Crippen molar-refractivity contribution in [1.29, 1.82) is 0 Å². The molecule has 0 aliphatic rings. The van der Waals surface area contributed by atoms with Gasteiger partial charge in [0, 0.05) is 7.11 Å². The third kappa shape index (κ3) is 2.91. The Morgan fingerprint density at radius 1 is 1.00 bits per heavy atom. The van der Waals surface area contributed by atoms with Crippen molar-refractivity contribution < 1.29 is 15.3 Å². The van der Waals surface area contributed by atoms with E-state index in [0.29, 0.717) is 0 Å². The van der Waals surface area contributed by atoms with Gasteiger partial charge < -0.3 is 15.3 Å². The minimum Gasteiger partial charge on any atom is -0.504 e. The first kappa shape index (κ1) is 9.78. The molecule has 0 saturated carbocycles. The standard InChI is InChI=1S/C7H8O2.CH4O/c1-5-2-3-6(8)7(9)4-5;1-2/h2-4,8-9H,1H3;2H,1H3. The van der Waals surface area contributed by atoms with Crippen molar-refractivity contribution in [2.24, 2.45) is 0 Å². The molecule has 0 heterocycles. The van der Waals surface area contributed by atoms with Crippen molar-refractivity contribution in [2.75, 3.05) is 7.11 Å². The van der Waals surface area contributed by atoms with Crippen LogP contribution in [0.5, 0.6) is 11.5 Å². The second kappa shape index (κ2) is 4.57. The van der Waals surface area contributed by atoms with E-state index < -0.39 is 0 Å². The summed E-state index contributed by atoms with van der Waals surface area (Å²) in [5.41, 5.74) is 0.935. The molecule has 0 unspecified atom stereocenters. The van der Waals surface area contributed by atoms with E-state index in [1.54, 1.807) is 6.07 Å². The Morgan fingerprint density at radius 2 is 1.55 bits per heavy atom. The summed E-state index contributed by atoms with van der Waals surface area (Å²) in [5.74, 6) is -0.129. The third-order valence-electron chi connectivity index (χ3n) is 1.13.